The first kappa shape index (κ1) is 5.58. The summed E-state index contributed by atoms with van der Waals surface area (Å²) in [6.07, 6.45) is 3.42. The molecule has 0 spiro atoms. The first-order valence-electron chi connectivity index (χ1n) is 2.08. The molecule has 1 heterocycles. The molecule has 0 aromatic rings. The minimum absolute atomic E-state index is 1.59. The molecule has 0 atom stereocenters. The van der Waals surface area contributed by atoms with E-state index in [9.17, 15) is 0 Å². The zero-order valence-electron chi connectivity index (χ0n) is 4.11. The second kappa shape index (κ2) is 1.75. The maximum absolute atomic E-state index is 9.12. The molecule has 0 aromatic carbocycles. The molecule has 0 radical (unpaired) electrons. The fourth-order valence-electron chi connectivity index (χ4n) is 0.437. The topological polar surface area (TPSA) is 44.0 Å². The van der Waals surface area contributed by atoms with Crippen LogP contribution in [0.15, 0.2) is 22.1 Å². The van der Waals surface area contributed by atoms with Crippen molar-refractivity contribution < 1.29 is 4.19 Å². The van der Waals surface area contributed by atoms with Gasteiger partial charge in [0.1, 0.15) is 0 Å². The molecule has 1 rings (SSSR count). The van der Waals surface area contributed by atoms with Crippen molar-refractivity contribution in [3.8, 4) is 4.97 Å². The Morgan fingerprint density at radius 3 is 2.12 bits per heavy atom. The van der Waals surface area contributed by atoms with E-state index in [1.54, 1.807) is 22.1 Å². The predicted molar refractivity (Wildman–Crippen MR) is 31.9 cm³/mol. The van der Waals surface area contributed by atoms with Gasteiger partial charge in [-0.15, -0.1) is 0 Å². The Morgan fingerprint density at radius 1 is 1.38 bits per heavy atom. The van der Waals surface area contributed by atoms with E-state index in [1.807, 2.05) is 4.97 Å². The molecule has 1 aliphatic heterocycles. The molecule has 3 heteroatoms. The summed E-state index contributed by atoms with van der Waals surface area (Å²) in [6, 6.07) is 0. The summed E-state index contributed by atoms with van der Waals surface area (Å²) in [7, 11) is 0. The molecule has 8 heavy (non-hydrogen) atoms. The Kier molecular flexibility index (Phi) is 1.22. The molecule has 1 N–H and O–H groups in total. The van der Waals surface area contributed by atoms with Gasteiger partial charge in [-0.05, 0) is 0 Å². The van der Waals surface area contributed by atoms with Gasteiger partial charge in [0.25, 0.3) is 0 Å². The van der Waals surface area contributed by atoms with Crippen molar-refractivity contribution in [1.29, 1.82) is 5.26 Å². The summed E-state index contributed by atoms with van der Waals surface area (Å²) < 4.78 is 9.12. The van der Waals surface area contributed by atoms with E-state index in [1.165, 1.54) is 0 Å². The van der Waals surface area contributed by atoms with Crippen LogP contribution in [0.3, 0.4) is 0 Å². The Balaban J connectivity index is 2.89. The Labute approximate surface area is 50.3 Å². The van der Waals surface area contributed by atoms with Crippen molar-refractivity contribution in [3.05, 3.63) is 22.1 Å². The van der Waals surface area contributed by atoms with Crippen LogP contribution in [0.4, 0.5) is 0 Å². The summed E-state index contributed by atoms with van der Waals surface area (Å²) in [5, 5.41) is 8.29. The van der Waals surface area contributed by atoms with Crippen LogP contribution in [0, 0.1) is 10.2 Å². The Bertz CT molecular complexity index is 177. The zero-order valence-corrected chi connectivity index (χ0v) is 5.83. The van der Waals surface area contributed by atoms with Crippen LogP contribution in [0.1, 0.15) is 0 Å². The first-order chi connectivity index (χ1) is 3.77. The SMILES string of the molecule is N#C[Se]1(O)C=CC=C1. The molecule has 0 saturated heterocycles. The monoisotopic (exact) mass is 175 g/mol. The quantitative estimate of drug-likeness (QED) is 0.533. The van der Waals surface area contributed by atoms with Crippen molar-refractivity contribution in [2.75, 3.05) is 0 Å². The normalized spacial score (nSPS) is 25.0. The van der Waals surface area contributed by atoms with Gasteiger partial charge in [0, 0.05) is 0 Å². The fraction of sp³-hybridized carbons (Fsp3) is 0. The third-order valence-electron chi connectivity index (χ3n) is 0.829. The van der Waals surface area contributed by atoms with Gasteiger partial charge in [-0.2, -0.15) is 0 Å². The molecule has 42 valence electrons. The molecule has 1 aliphatic rings. The van der Waals surface area contributed by atoms with Crippen LogP contribution in [0.2, 0.25) is 0 Å². The van der Waals surface area contributed by atoms with Crippen molar-refractivity contribution in [1.82, 2.24) is 0 Å². The number of rotatable bonds is 0. The van der Waals surface area contributed by atoms with E-state index in [4.69, 9.17) is 9.45 Å². The van der Waals surface area contributed by atoms with Gasteiger partial charge in [0.2, 0.25) is 0 Å². The third kappa shape index (κ3) is 0.823. The van der Waals surface area contributed by atoms with Gasteiger partial charge in [-0.25, -0.2) is 0 Å². The van der Waals surface area contributed by atoms with Crippen molar-refractivity contribution >= 4 is 13.2 Å². The van der Waals surface area contributed by atoms with Crippen LogP contribution in [-0.4, -0.2) is 17.4 Å². The summed E-state index contributed by atoms with van der Waals surface area (Å²) in [4.78, 5) is 5.07. The molecular weight excluding hydrogens is 169 g/mol. The predicted octanol–water partition coefficient (Wildman–Crippen LogP) is 0.191. The third-order valence-corrected chi connectivity index (χ3v) is 3.84. The first-order valence-corrected chi connectivity index (χ1v) is 5.68. The molecule has 2 nitrogen and oxygen atoms in total. The second-order valence-corrected chi connectivity index (χ2v) is 5.78. The van der Waals surface area contributed by atoms with E-state index in [0.717, 1.165) is 0 Å². The number of nitriles is 1. The minimum atomic E-state index is -2.78. The van der Waals surface area contributed by atoms with Crippen LogP contribution in [-0.2, 0) is 0 Å². The van der Waals surface area contributed by atoms with Gasteiger partial charge in [-0.1, -0.05) is 0 Å². The summed E-state index contributed by atoms with van der Waals surface area (Å²) in [5.41, 5.74) is 0. The van der Waals surface area contributed by atoms with E-state index < -0.39 is 13.2 Å². The maximum atomic E-state index is 9.12. The van der Waals surface area contributed by atoms with Crippen LogP contribution in [0.5, 0.6) is 0 Å². The van der Waals surface area contributed by atoms with Crippen molar-refractivity contribution in [2.45, 2.75) is 0 Å². The van der Waals surface area contributed by atoms with E-state index in [2.05, 4.69) is 0 Å². The average Bonchev–Trinajstić information content (AvgIpc) is 2.17. The zero-order chi connectivity index (χ0) is 6.04. The molecule has 0 aliphatic carbocycles. The number of hydrogen-bond acceptors (Lipinski definition) is 2. The Hall–Kier alpha value is -0.551. The van der Waals surface area contributed by atoms with Crippen LogP contribution in [0.25, 0.3) is 0 Å². The summed E-state index contributed by atoms with van der Waals surface area (Å²) >= 11 is -2.78. The van der Waals surface area contributed by atoms with Crippen molar-refractivity contribution in [3.63, 3.8) is 0 Å². The number of allylic oxidation sites excluding steroid dienone is 2. The summed E-state index contributed by atoms with van der Waals surface area (Å²) in [5.74, 6) is 0. The van der Waals surface area contributed by atoms with Crippen LogP contribution >= 0.6 is 0 Å². The average molecular weight is 174 g/mol. The molecule has 0 aromatic heterocycles. The number of nitrogens with zero attached hydrogens (tertiary/aromatic N) is 1. The van der Waals surface area contributed by atoms with Gasteiger partial charge >= 0.3 is 49.7 Å². The van der Waals surface area contributed by atoms with Gasteiger partial charge in [0.15, 0.2) is 0 Å². The molecular formula is C5H5NOSe. The Morgan fingerprint density at radius 2 is 1.88 bits per heavy atom. The van der Waals surface area contributed by atoms with Crippen molar-refractivity contribution in [2.24, 2.45) is 0 Å². The standard InChI is InChI=1S/C5H5NOSe/c6-5-8(7)3-1-2-4-8/h1-4,7H. The number of hydrogen-bond donors (Lipinski definition) is 1. The molecule has 0 fully saturated rings. The van der Waals surface area contributed by atoms with E-state index in [-0.39, 0.29) is 0 Å². The molecule has 0 saturated carbocycles. The molecule has 0 unspecified atom stereocenters. The fourth-order valence-corrected chi connectivity index (χ4v) is 2.27. The van der Waals surface area contributed by atoms with Gasteiger partial charge < -0.3 is 0 Å². The second-order valence-electron chi connectivity index (χ2n) is 1.42. The summed E-state index contributed by atoms with van der Waals surface area (Å²) in [6.45, 7) is 0. The van der Waals surface area contributed by atoms with Gasteiger partial charge in [0.05, 0.1) is 0 Å². The molecule has 0 bridgehead atoms. The van der Waals surface area contributed by atoms with E-state index in [0.29, 0.717) is 0 Å². The van der Waals surface area contributed by atoms with Crippen LogP contribution < -0.4 is 0 Å². The van der Waals surface area contributed by atoms with Gasteiger partial charge in [-0.3, -0.25) is 0 Å². The van der Waals surface area contributed by atoms with E-state index >= 15 is 0 Å². The molecule has 0 amide bonds.